The Bertz CT molecular complexity index is 1500. The fourth-order valence-corrected chi connectivity index (χ4v) is 6.10. The Kier molecular flexibility index (Phi) is 6.47. The fourth-order valence-electron chi connectivity index (χ4n) is 6.10. The van der Waals surface area contributed by atoms with Gasteiger partial charge in [-0.2, -0.15) is 0 Å². The summed E-state index contributed by atoms with van der Waals surface area (Å²) in [6, 6.07) is 22.3. The van der Waals surface area contributed by atoms with Gasteiger partial charge in [0, 0.05) is 46.0 Å². The van der Waals surface area contributed by atoms with Crippen molar-refractivity contribution < 1.29 is 4.74 Å². The van der Waals surface area contributed by atoms with Crippen LogP contribution in [0.25, 0.3) is 11.1 Å². The first-order chi connectivity index (χ1) is 18.1. The van der Waals surface area contributed by atoms with Crippen LogP contribution >= 0.6 is 0 Å². The molecular formula is C36H39NO. The fraction of sp³-hybridized carbons (Fsp3) is 0.278. The predicted molar refractivity (Wildman–Crippen MR) is 162 cm³/mol. The summed E-state index contributed by atoms with van der Waals surface area (Å²) >= 11 is 0. The summed E-state index contributed by atoms with van der Waals surface area (Å²) in [7, 11) is 0. The molecule has 0 amide bonds. The standard InChI is InChI=1S/C36H39NO/c1-9-12-17-33-24(4)35(5,6)31-21-19-27(23-34(31)38-33)37(25(10-2)11-3)26-18-20-29-28-15-13-14-16-30(28)36(7,8)32(29)22-26/h9-11,13-16,18-23H,1-2,12,17H2,3-8H3/b25-11+. The van der Waals surface area contributed by atoms with Crippen LogP contribution in [0.5, 0.6) is 5.75 Å². The van der Waals surface area contributed by atoms with Crippen molar-refractivity contribution in [3.05, 3.63) is 126 Å². The Morgan fingerprint density at radius 2 is 1.53 bits per heavy atom. The van der Waals surface area contributed by atoms with Crippen LogP contribution in [0.1, 0.15) is 71.1 Å². The molecule has 0 unspecified atom stereocenters. The van der Waals surface area contributed by atoms with Gasteiger partial charge in [0.05, 0.1) is 0 Å². The summed E-state index contributed by atoms with van der Waals surface area (Å²) in [4.78, 5) is 2.29. The number of ether oxygens (including phenoxy) is 1. The van der Waals surface area contributed by atoms with Crippen LogP contribution in [0, 0.1) is 0 Å². The monoisotopic (exact) mass is 501 g/mol. The van der Waals surface area contributed by atoms with Crippen molar-refractivity contribution >= 4 is 11.4 Å². The molecule has 3 aromatic carbocycles. The van der Waals surface area contributed by atoms with Gasteiger partial charge in [0.2, 0.25) is 0 Å². The third-order valence-corrected chi connectivity index (χ3v) is 8.65. The van der Waals surface area contributed by atoms with Crippen LogP contribution in [-0.4, -0.2) is 0 Å². The first kappa shape index (κ1) is 25.9. The molecule has 2 heteroatoms. The van der Waals surface area contributed by atoms with Crippen molar-refractivity contribution in [2.24, 2.45) is 0 Å². The number of fused-ring (bicyclic) bond motifs is 4. The molecule has 0 N–H and O–H groups in total. The van der Waals surface area contributed by atoms with E-state index < -0.39 is 0 Å². The van der Waals surface area contributed by atoms with Gasteiger partial charge in [0.25, 0.3) is 0 Å². The molecule has 1 aliphatic carbocycles. The Labute approximate surface area is 228 Å². The number of allylic oxidation sites excluding steroid dienone is 5. The molecule has 2 nitrogen and oxygen atoms in total. The van der Waals surface area contributed by atoms with Crippen LogP contribution in [0.2, 0.25) is 0 Å². The van der Waals surface area contributed by atoms with E-state index in [9.17, 15) is 0 Å². The minimum atomic E-state index is -0.0985. The van der Waals surface area contributed by atoms with E-state index in [-0.39, 0.29) is 10.8 Å². The first-order valence-corrected chi connectivity index (χ1v) is 13.6. The minimum absolute atomic E-state index is 0.0662. The number of anilines is 2. The highest BCUT2D eigenvalue weighted by Crippen LogP contribution is 2.51. The van der Waals surface area contributed by atoms with Crippen molar-refractivity contribution in [1.82, 2.24) is 0 Å². The van der Waals surface area contributed by atoms with E-state index in [2.05, 4.69) is 126 Å². The van der Waals surface area contributed by atoms with E-state index >= 15 is 0 Å². The van der Waals surface area contributed by atoms with Gasteiger partial charge in [-0.15, -0.1) is 6.58 Å². The number of rotatable bonds is 7. The zero-order valence-electron chi connectivity index (χ0n) is 23.7. The van der Waals surface area contributed by atoms with Crippen LogP contribution < -0.4 is 9.64 Å². The number of benzene rings is 3. The molecule has 0 spiro atoms. The molecule has 0 radical (unpaired) electrons. The van der Waals surface area contributed by atoms with E-state index in [1.165, 1.54) is 33.4 Å². The highest BCUT2D eigenvalue weighted by Gasteiger charge is 2.37. The molecule has 1 heterocycles. The van der Waals surface area contributed by atoms with Crippen molar-refractivity contribution in [3.8, 4) is 16.9 Å². The van der Waals surface area contributed by atoms with E-state index in [0.29, 0.717) is 0 Å². The zero-order chi connectivity index (χ0) is 27.2. The highest BCUT2D eigenvalue weighted by molar-refractivity contribution is 5.84. The lowest BCUT2D eigenvalue weighted by molar-refractivity contribution is 0.350. The summed E-state index contributed by atoms with van der Waals surface area (Å²) in [6.45, 7) is 21.5. The molecule has 0 atom stereocenters. The minimum Gasteiger partial charge on any atom is -0.461 e. The molecule has 38 heavy (non-hydrogen) atoms. The molecule has 5 rings (SSSR count). The quantitative estimate of drug-likeness (QED) is 0.236. The van der Waals surface area contributed by atoms with Crippen molar-refractivity contribution in [3.63, 3.8) is 0 Å². The van der Waals surface area contributed by atoms with Crippen molar-refractivity contribution in [2.45, 2.75) is 65.2 Å². The van der Waals surface area contributed by atoms with E-state index in [1.807, 2.05) is 12.2 Å². The molecular weight excluding hydrogens is 462 g/mol. The molecule has 0 saturated carbocycles. The molecule has 0 bridgehead atoms. The summed E-state index contributed by atoms with van der Waals surface area (Å²) in [5.41, 5.74) is 10.9. The Balaban J connectivity index is 1.63. The maximum atomic E-state index is 6.56. The Hall–Kier alpha value is -3.78. The maximum absolute atomic E-state index is 6.56. The van der Waals surface area contributed by atoms with Crippen LogP contribution in [0.4, 0.5) is 11.4 Å². The topological polar surface area (TPSA) is 12.5 Å². The third kappa shape index (κ3) is 3.95. The largest absolute Gasteiger partial charge is 0.461 e. The van der Waals surface area contributed by atoms with Gasteiger partial charge in [-0.3, -0.25) is 0 Å². The molecule has 3 aromatic rings. The van der Waals surface area contributed by atoms with Gasteiger partial charge in [0.1, 0.15) is 11.5 Å². The van der Waals surface area contributed by atoms with Crippen LogP contribution in [0.3, 0.4) is 0 Å². The van der Waals surface area contributed by atoms with Gasteiger partial charge in [-0.05, 0) is 72.4 Å². The number of hydrogen-bond donors (Lipinski definition) is 0. The third-order valence-electron chi connectivity index (χ3n) is 8.65. The Morgan fingerprint density at radius 3 is 2.24 bits per heavy atom. The van der Waals surface area contributed by atoms with Crippen molar-refractivity contribution in [2.75, 3.05) is 4.90 Å². The molecule has 0 aromatic heterocycles. The number of nitrogens with zero attached hydrogens (tertiary/aromatic N) is 1. The SMILES string of the molecule is C=CCCC1=C(C)C(C)(C)c2ccc(N(/C(C=C)=C/C)c3ccc4c(c3)C(C)(C)c3ccccc3-4)cc2O1. The predicted octanol–water partition coefficient (Wildman–Crippen LogP) is 10.1. The first-order valence-electron chi connectivity index (χ1n) is 13.6. The Morgan fingerprint density at radius 1 is 0.842 bits per heavy atom. The van der Waals surface area contributed by atoms with E-state index in [4.69, 9.17) is 4.74 Å². The van der Waals surface area contributed by atoms with Gasteiger partial charge < -0.3 is 9.64 Å². The molecule has 2 aliphatic rings. The summed E-state index contributed by atoms with van der Waals surface area (Å²) in [5, 5.41) is 0. The average molecular weight is 502 g/mol. The second kappa shape index (κ2) is 9.51. The lowest BCUT2D eigenvalue weighted by Crippen LogP contribution is -2.27. The maximum Gasteiger partial charge on any atom is 0.133 e. The second-order valence-electron chi connectivity index (χ2n) is 11.4. The lowest BCUT2D eigenvalue weighted by atomic mass is 9.75. The van der Waals surface area contributed by atoms with Crippen molar-refractivity contribution in [1.29, 1.82) is 0 Å². The summed E-state index contributed by atoms with van der Waals surface area (Å²) in [6.07, 6.45) is 7.76. The lowest BCUT2D eigenvalue weighted by Gasteiger charge is -2.36. The molecule has 194 valence electrons. The molecule has 0 fully saturated rings. The van der Waals surface area contributed by atoms with Gasteiger partial charge >= 0.3 is 0 Å². The van der Waals surface area contributed by atoms with Crippen LogP contribution in [0.15, 0.2) is 109 Å². The van der Waals surface area contributed by atoms with Gasteiger partial charge in [0.15, 0.2) is 0 Å². The smallest absolute Gasteiger partial charge is 0.133 e. The highest BCUT2D eigenvalue weighted by atomic mass is 16.5. The second-order valence-corrected chi connectivity index (χ2v) is 11.4. The average Bonchev–Trinajstić information content (AvgIpc) is 3.14. The molecule has 1 aliphatic heterocycles. The summed E-state index contributed by atoms with van der Waals surface area (Å²) in [5.74, 6) is 1.98. The van der Waals surface area contributed by atoms with Crippen LogP contribution in [-0.2, 0) is 10.8 Å². The number of hydrogen-bond acceptors (Lipinski definition) is 2. The normalized spacial score (nSPS) is 16.7. The van der Waals surface area contributed by atoms with E-state index in [1.54, 1.807) is 0 Å². The van der Waals surface area contributed by atoms with Gasteiger partial charge in [-0.25, -0.2) is 0 Å². The zero-order valence-corrected chi connectivity index (χ0v) is 23.7. The molecule has 0 saturated heterocycles. The summed E-state index contributed by atoms with van der Waals surface area (Å²) < 4.78 is 6.56. The van der Waals surface area contributed by atoms with Gasteiger partial charge in [-0.1, -0.05) is 82.8 Å². The van der Waals surface area contributed by atoms with E-state index in [0.717, 1.165) is 41.4 Å².